The molecular weight excluding hydrogens is 459 g/mol. The molecule has 1 amide bonds. The van der Waals surface area contributed by atoms with E-state index in [1.54, 1.807) is 14.2 Å². The summed E-state index contributed by atoms with van der Waals surface area (Å²) >= 11 is 0. The second-order valence-electron chi connectivity index (χ2n) is 6.56. The number of rotatable bonds is 4. The Bertz CT molecular complexity index is 624. The number of methoxy groups -OCH3 is 1. The van der Waals surface area contributed by atoms with Gasteiger partial charge in [0.1, 0.15) is 11.9 Å². The molecule has 7 nitrogen and oxygen atoms in total. The largest absolute Gasteiger partial charge is 0.497 e. The maximum absolute atomic E-state index is 12.4. The molecule has 0 aromatic heterocycles. The number of aliphatic imine (C=N–C) groups is 1. The van der Waals surface area contributed by atoms with Crippen LogP contribution in [-0.2, 0) is 16.1 Å². The second-order valence-corrected chi connectivity index (χ2v) is 6.56. The molecule has 0 aliphatic carbocycles. The number of carbonyl (C=O) groups excluding carboxylic acids is 1. The Balaban J connectivity index is 0.00000261. The first kappa shape index (κ1) is 21.7. The standard InChI is InChI=1S/C19H28N4O3.HI/c1-20-19(21-14-15-5-7-16(25-2)8-6-15)23-11-9-22(10-12-23)18(24)17-4-3-13-26-17;/h5-8,17H,3-4,9-14H2,1-2H3,(H,20,21);1H. The molecule has 150 valence electrons. The predicted molar refractivity (Wildman–Crippen MR) is 116 cm³/mol. The SMILES string of the molecule is CN=C(NCc1ccc(OC)cc1)N1CCN(C(=O)C2CCCO2)CC1.I. The van der Waals surface area contributed by atoms with Gasteiger partial charge in [-0.15, -0.1) is 24.0 Å². The normalized spacial score (nSPS) is 20.2. The molecule has 0 radical (unpaired) electrons. The van der Waals surface area contributed by atoms with Gasteiger partial charge in [0, 0.05) is 46.4 Å². The van der Waals surface area contributed by atoms with Crippen molar-refractivity contribution in [2.24, 2.45) is 4.99 Å². The van der Waals surface area contributed by atoms with Gasteiger partial charge in [-0.3, -0.25) is 9.79 Å². The highest BCUT2D eigenvalue weighted by atomic mass is 127. The summed E-state index contributed by atoms with van der Waals surface area (Å²) in [5.74, 6) is 1.86. The van der Waals surface area contributed by atoms with E-state index in [0.29, 0.717) is 26.2 Å². The van der Waals surface area contributed by atoms with E-state index in [4.69, 9.17) is 9.47 Å². The number of nitrogens with zero attached hydrogens (tertiary/aromatic N) is 3. The third-order valence-corrected chi connectivity index (χ3v) is 4.92. The van der Waals surface area contributed by atoms with Gasteiger partial charge in [0.05, 0.1) is 7.11 Å². The average Bonchev–Trinajstić information content (AvgIpc) is 3.24. The lowest BCUT2D eigenvalue weighted by Crippen LogP contribution is -2.55. The topological polar surface area (TPSA) is 66.4 Å². The Morgan fingerprint density at radius 1 is 1.22 bits per heavy atom. The number of nitrogens with one attached hydrogen (secondary N) is 1. The van der Waals surface area contributed by atoms with Gasteiger partial charge in [-0.05, 0) is 30.5 Å². The van der Waals surface area contributed by atoms with Crippen molar-refractivity contribution in [2.75, 3.05) is 46.9 Å². The van der Waals surface area contributed by atoms with Crippen LogP contribution in [0.5, 0.6) is 5.75 Å². The van der Waals surface area contributed by atoms with Gasteiger partial charge in [0.25, 0.3) is 5.91 Å². The summed E-state index contributed by atoms with van der Waals surface area (Å²) < 4.78 is 10.7. The van der Waals surface area contributed by atoms with Gasteiger partial charge in [0.2, 0.25) is 0 Å². The smallest absolute Gasteiger partial charge is 0.251 e. The third-order valence-electron chi connectivity index (χ3n) is 4.92. The number of carbonyl (C=O) groups is 1. The highest BCUT2D eigenvalue weighted by Crippen LogP contribution is 2.16. The van der Waals surface area contributed by atoms with Gasteiger partial charge >= 0.3 is 0 Å². The van der Waals surface area contributed by atoms with Crippen LogP contribution in [0, 0.1) is 0 Å². The van der Waals surface area contributed by atoms with Gasteiger partial charge in [-0.1, -0.05) is 12.1 Å². The van der Waals surface area contributed by atoms with Crippen molar-refractivity contribution in [3.8, 4) is 5.75 Å². The number of ether oxygens (including phenoxy) is 2. The molecule has 1 aromatic rings. The predicted octanol–water partition coefficient (Wildman–Crippen LogP) is 1.71. The molecule has 2 heterocycles. The number of guanidine groups is 1. The van der Waals surface area contributed by atoms with Crippen LogP contribution in [0.3, 0.4) is 0 Å². The van der Waals surface area contributed by atoms with Crippen LogP contribution in [-0.4, -0.2) is 74.7 Å². The monoisotopic (exact) mass is 488 g/mol. The van der Waals surface area contributed by atoms with Crippen molar-refractivity contribution in [1.29, 1.82) is 0 Å². The van der Waals surface area contributed by atoms with Crippen LogP contribution < -0.4 is 10.1 Å². The zero-order valence-corrected chi connectivity index (χ0v) is 18.3. The van der Waals surface area contributed by atoms with Crippen LogP contribution in [0.1, 0.15) is 18.4 Å². The Hall–Kier alpha value is -1.55. The summed E-state index contributed by atoms with van der Waals surface area (Å²) in [6, 6.07) is 7.99. The van der Waals surface area contributed by atoms with E-state index in [1.807, 2.05) is 29.2 Å². The fourth-order valence-corrected chi connectivity index (χ4v) is 3.37. The molecule has 0 bridgehead atoms. The Labute approximate surface area is 178 Å². The number of hydrogen-bond donors (Lipinski definition) is 1. The van der Waals surface area contributed by atoms with Crippen molar-refractivity contribution in [3.05, 3.63) is 29.8 Å². The van der Waals surface area contributed by atoms with Crippen LogP contribution in [0.25, 0.3) is 0 Å². The average molecular weight is 488 g/mol. The maximum atomic E-state index is 12.4. The Morgan fingerprint density at radius 2 is 1.89 bits per heavy atom. The molecule has 2 saturated heterocycles. The summed E-state index contributed by atoms with van der Waals surface area (Å²) in [5.41, 5.74) is 1.17. The fourth-order valence-electron chi connectivity index (χ4n) is 3.37. The second kappa shape index (κ2) is 10.7. The lowest BCUT2D eigenvalue weighted by Gasteiger charge is -2.37. The molecule has 1 N–H and O–H groups in total. The number of amides is 1. The van der Waals surface area contributed by atoms with Crippen molar-refractivity contribution >= 4 is 35.8 Å². The molecule has 1 aromatic carbocycles. The number of benzene rings is 1. The fraction of sp³-hybridized carbons (Fsp3) is 0.579. The zero-order valence-electron chi connectivity index (χ0n) is 16.0. The zero-order chi connectivity index (χ0) is 18.4. The quantitative estimate of drug-likeness (QED) is 0.397. The highest BCUT2D eigenvalue weighted by Gasteiger charge is 2.30. The van der Waals surface area contributed by atoms with E-state index in [2.05, 4.69) is 15.2 Å². The van der Waals surface area contributed by atoms with Gasteiger partial charge in [-0.2, -0.15) is 0 Å². The molecule has 8 heteroatoms. The Kier molecular flexibility index (Phi) is 8.62. The summed E-state index contributed by atoms with van der Waals surface area (Å²) in [7, 11) is 3.46. The van der Waals surface area contributed by atoms with Crippen molar-refractivity contribution in [3.63, 3.8) is 0 Å². The van der Waals surface area contributed by atoms with E-state index in [9.17, 15) is 4.79 Å². The molecule has 2 aliphatic rings. The lowest BCUT2D eigenvalue weighted by molar-refractivity contribution is -0.142. The van der Waals surface area contributed by atoms with Gasteiger partial charge in [0.15, 0.2) is 5.96 Å². The van der Waals surface area contributed by atoms with Crippen molar-refractivity contribution < 1.29 is 14.3 Å². The van der Waals surface area contributed by atoms with E-state index < -0.39 is 0 Å². The van der Waals surface area contributed by atoms with E-state index in [-0.39, 0.29) is 36.0 Å². The third kappa shape index (κ3) is 5.71. The van der Waals surface area contributed by atoms with Crippen LogP contribution in [0.15, 0.2) is 29.3 Å². The number of hydrogen-bond acceptors (Lipinski definition) is 4. The molecular formula is C19H29IN4O3. The lowest BCUT2D eigenvalue weighted by atomic mass is 10.2. The summed E-state index contributed by atoms with van der Waals surface area (Å²) in [6.45, 7) is 4.38. The van der Waals surface area contributed by atoms with E-state index in [1.165, 1.54) is 5.56 Å². The summed E-state index contributed by atoms with van der Waals surface area (Å²) in [4.78, 5) is 20.9. The van der Waals surface area contributed by atoms with Crippen LogP contribution in [0.2, 0.25) is 0 Å². The minimum absolute atomic E-state index is 0. The molecule has 3 rings (SSSR count). The first-order chi connectivity index (χ1) is 12.7. The minimum atomic E-state index is -0.228. The molecule has 2 aliphatic heterocycles. The van der Waals surface area contributed by atoms with Crippen LogP contribution >= 0.6 is 24.0 Å². The maximum Gasteiger partial charge on any atom is 0.251 e. The molecule has 1 atom stereocenters. The van der Waals surface area contributed by atoms with Gasteiger partial charge < -0.3 is 24.6 Å². The van der Waals surface area contributed by atoms with Crippen molar-refractivity contribution in [2.45, 2.75) is 25.5 Å². The number of halogens is 1. The van der Waals surface area contributed by atoms with Crippen LogP contribution in [0.4, 0.5) is 0 Å². The van der Waals surface area contributed by atoms with Gasteiger partial charge in [-0.25, -0.2) is 0 Å². The molecule has 0 saturated carbocycles. The first-order valence-electron chi connectivity index (χ1n) is 9.20. The van der Waals surface area contributed by atoms with E-state index in [0.717, 1.165) is 37.6 Å². The Morgan fingerprint density at radius 3 is 2.44 bits per heavy atom. The highest BCUT2D eigenvalue weighted by molar-refractivity contribution is 14.0. The summed E-state index contributed by atoms with van der Waals surface area (Å²) in [6.07, 6.45) is 1.61. The van der Waals surface area contributed by atoms with E-state index >= 15 is 0 Å². The minimum Gasteiger partial charge on any atom is -0.497 e. The molecule has 2 fully saturated rings. The number of piperazine rings is 1. The molecule has 0 spiro atoms. The summed E-state index contributed by atoms with van der Waals surface area (Å²) in [5, 5.41) is 3.40. The first-order valence-corrected chi connectivity index (χ1v) is 9.20. The van der Waals surface area contributed by atoms with Crippen molar-refractivity contribution in [1.82, 2.24) is 15.1 Å². The molecule has 27 heavy (non-hydrogen) atoms. The molecule has 1 unspecified atom stereocenters.